The molecule has 1 saturated heterocycles. The first-order valence-corrected chi connectivity index (χ1v) is 5.40. The lowest BCUT2D eigenvalue weighted by Gasteiger charge is -2.14. The van der Waals surface area contributed by atoms with Gasteiger partial charge < -0.3 is 5.11 Å². The van der Waals surface area contributed by atoms with E-state index in [9.17, 15) is 9.90 Å². The normalized spacial score (nSPS) is 45.4. The topological polar surface area (TPSA) is 49.8 Å². The molecule has 1 aliphatic heterocycles. The van der Waals surface area contributed by atoms with Crippen molar-refractivity contribution in [2.75, 3.05) is 13.2 Å². The van der Waals surface area contributed by atoms with Gasteiger partial charge in [0.2, 0.25) is 5.91 Å². The van der Waals surface area contributed by atoms with Crippen molar-refractivity contribution in [1.82, 2.24) is 5.06 Å². The van der Waals surface area contributed by atoms with Gasteiger partial charge in [-0.05, 0) is 24.7 Å². The van der Waals surface area contributed by atoms with Gasteiger partial charge in [-0.15, -0.1) is 0 Å². The van der Waals surface area contributed by atoms with Crippen LogP contribution in [0.1, 0.15) is 19.3 Å². The zero-order valence-corrected chi connectivity index (χ0v) is 8.06. The third-order valence-corrected chi connectivity index (χ3v) is 3.74. The van der Waals surface area contributed by atoms with Crippen LogP contribution in [0, 0.1) is 17.8 Å². The summed E-state index contributed by atoms with van der Waals surface area (Å²) >= 11 is 0. The molecule has 1 heterocycles. The van der Waals surface area contributed by atoms with E-state index >= 15 is 0 Å². The number of carbonyl (C=O) groups is 1. The van der Waals surface area contributed by atoms with Crippen LogP contribution in [0.3, 0.4) is 0 Å². The molecular formula is C10H15NO3. The Morgan fingerprint density at radius 1 is 1.36 bits per heavy atom. The van der Waals surface area contributed by atoms with Crippen LogP contribution in [0.15, 0.2) is 0 Å². The molecule has 4 heteroatoms. The Kier molecular flexibility index (Phi) is 1.82. The van der Waals surface area contributed by atoms with Gasteiger partial charge in [-0.2, -0.15) is 0 Å². The van der Waals surface area contributed by atoms with Crippen molar-refractivity contribution in [2.24, 2.45) is 17.8 Å². The maximum Gasteiger partial charge on any atom is 0.249 e. The molecule has 3 aliphatic rings. The van der Waals surface area contributed by atoms with Gasteiger partial charge in [-0.1, -0.05) is 6.42 Å². The molecule has 2 aliphatic carbocycles. The van der Waals surface area contributed by atoms with E-state index in [2.05, 4.69) is 0 Å². The second-order valence-corrected chi connectivity index (χ2v) is 4.63. The molecule has 0 spiro atoms. The van der Waals surface area contributed by atoms with E-state index in [0.29, 0.717) is 18.4 Å². The van der Waals surface area contributed by atoms with Crippen molar-refractivity contribution in [3.8, 4) is 0 Å². The number of carbonyl (C=O) groups excluding carboxylic acids is 1. The quantitative estimate of drug-likeness (QED) is 0.651. The van der Waals surface area contributed by atoms with Gasteiger partial charge in [0, 0.05) is 5.92 Å². The first kappa shape index (κ1) is 8.68. The fraction of sp³-hybridized carbons (Fsp3) is 0.900. The third kappa shape index (κ3) is 1.17. The molecular weight excluding hydrogens is 182 g/mol. The van der Waals surface area contributed by atoms with Gasteiger partial charge in [0.15, 0.2) is 0 Å². The van der Waals surface area contributed by atoms with Gasteiger partial charge in [-0.3, -0.25) is 9.63 Å². The van der Waals surface area contributed by atoms with Gasteiger partial charge in [0.1, 0.15) is 6.61 Å². The number of rotatable bonds is 1. The molecule has 0 radical (unpaired) electrons. The molecule has 3 fully saturated rings. The van der Waals surface area contributed by atoms with E-state index in [1.54, 1.807) is 0 Å². The van der Waals surface area contributed by atoms with Gasteiger partial charge in [-0.25, -0.2) is 5.06 Å². The number of nitrogens with zero attached hydrogens (tertiary/aromatic N) is 1. The number of aliphatic hydroxyl groups is 1. The highest BCUT2D eigenvalue weighted by Gasteiger charge is 2.58. The van der Waals surface area contributed by atoms with Crippen molar-refractivity contribution in [1.29, 1.82) is 0 Å². The summed E-state index contributed by atoms with van der Waals surface area (Å²) in [5, 5.41) is 10.6. The van der Waals surface area contributed by atoms with Crippen LogP contribution >= 0.6 is 0 Å². The molecule has 0 bridgehead atoms. The Morgan fingerprint density at radius 3 is 2.64 bits per heavy atom. The summed E-state index contributed by atoms with van der Waals surface area (Å²) in [5.74, 6) is 1.58. The lowest BCUT2D eigenvalue weighted by Crippen LogP contribution is -2.31. The van der Waals surface area contributed by atoms with Crippen molar-refractivity contribution in [3.05, 3.63) is 0 Å². The standard InChI is InChI=1S/C10H15NO3/c12-6-4-11(14-5-6)10(13)9-7-2-1-3-8(7)9/h6-9,12H,1-5H2/t6-,7?,8?,9?/m1/s1. The molecule has 78 valence electrons. The Labute approximate surface area is 82.8 Å². The smallest absolute Gasteiger partial charge is 0.249 e. The Hall–Kier alpha value is -0.610. The SMILES string of the molecule is O=C(C1C2CCCC21)N1C[C@@H](O)CO1. The highest BCUT2D eigenvalue weighted by atomic mass is 16.7. The molecule has 0 aromatic carbocycles. The molecule has 3 atom stereocenters. The van der Waals surface area contributed by atoms with E-state index in [0.717, 1.165) is 0 Å². The number of aliphatic hydroxyl groups excluding tert-OH is 1. The summed E-state index contributed by atoms with van der Waals surface area (Å²) in [6.45, 7) is 0.628. The van der Waals surface area contributed by atoms with Crippen LogP contribution in [-0.2, 0) is 9.63 Å². The molecule has 4 nitrogen and oxygen atoms in total. The highest BCUT2D eigenvalue weighted by Crippen LogP contribution is 2.58. The highest BCUT2D eigenvalue weighted by molar-refractivity contribution is 5.81. The second kappa shape index (κ2) is 2.94. The maximum atomic E-state index is 11.9. The molecule has 2 unspecified atom stereocenters. The molecule has 1 amide bonds. The van der Waals surface area contributed by atoms with Crippen LogP contribution in [-0.4, -0.2) is 35.3 Å². The lowest BCUT2D eigenvalue weighted by molar-refractivity contribution is -0.171. The summed E-state index contributed by atoms with van der Waals surface area (Å²) in [6.07, 6.45) is 3.20. The largest absolute Gasteiger partial charge is 0.389 e. The summed E-state index contributed by atoms with van der Waals surface area (Å²) in [5.41, 5.74) is 0. The predicted octanol–water partition coefficient (Wildman–Crippen LogP) is 0.167. The number of amides is 1. The van der Waals surface area contributed by atoms with Gasteiger partial charge in [0.05, 0.1) is 12.6 Å². The van der Waals surface area contributed by atoms with Crippen LogP contribution in [0.5, 0.6) is 0 Å². The van der Waals surface area contributed by atoms with Crippen LogP contribution in [0.4, 0.5) is 0 Å². The van der Waals surface area contributed by atoms with Gasteiger partial charge >= 0.3 is 0 Å². The van der Waals surface area contributed by atoms with Crippen LogP contribution in [0.2, 0.25) is 0 Å². The minimum absolute atomic E-state index is 0.108. The average Bonchev–Trinajstić information content (AvgIpc) is 2.56. The van der Waals surface area contributed by atoms with Crippen LogP contribution in [0.25, 0.3) is 0 Å². The summed E-state index contributed by atoms with van der Waals surface area (Å²) in [4.78, 5) is 17.0. The van der Waals surface area contributed by atoms with E-state index in [1.165, 1.54) is 24.3 Å². The van der Waals surface area contributed by atoms with Crippen molar-refractivity contribution >= 4 is 5.91 Å². The Balaban J connectivity index is 1.61. The maximum absolute atomic E-state index is 11.9. The molecule has 0 aromatic heterocycles. The Bertz CT molecular complexity index is 254. The lowest BCUT2D eigenvalue weighted by atomic mass is 10.1. The summed E-state index contributed by atoms with van der Waals surface area (Å²) < 4.78 is 0. The van der Waals surface area contributed by atoms with Crippen molar-refractivity contribution in [2.45, 2.75) is 25.4 Å². The van der Waals surface area contributed by atoms with Crippen LogP contribution < -0.4 is 0 Å². The number of fused-ring (bicyclic) bond motifs is 1. The molecule has 3 rings (SSSR count). The predicted molar refractivity (Wildman–Crippen MR) is 48.0 cm³/mol. The molecule has 1 N–H and O–H groups in total. The number of hydrogen-bond acceptors (Lipinski definition) is 3. The fourth-order valence-corrected chi connectivity index (χ4v) is 2.98. The fourth-order valence-electron chi connectivity index (χ4n) is 2.98. The second-order valence-electron chi connectivity index (χ2n) is 4.63. The van der Waals surface area contributed by atoms with E-state index in [1.807, 2.05) is 0 Å². The van der Waals surface area contributed by atoms with Gasteiger partial charge in [0.25, 0.3) is 0 Å². The van der Waals surface area contributed by atoms with Crippen molar-refractivity contribution < 1.29 is 14.7 Å². The monoisotopic (exact) mass is 197 g/mol. The first-order valence-electron chi connectivity index (χ1n) is 5.40. The number of β-amino-alcohol motifs (C(OH)–C–C–N with tert-alkyl or cyclic N) is 1. The summed E-state index contributed by atoms with van der Waals surface area (Å²) in [6, 6.07) is 0. The first-order chi connectivity index (χ1) is 6.77. The summed E-state index contributed by atoms with van der Waals surface area (Å²) in [7, 11) is 0. The number of hydrogen-bond donors (Lipinski definition) is 1. The zero-order valence-electron chi connectivity index (χ0n) is 8.06. The minimum Gasteiger partial charge on any atom is -0.389 e. The molecule has 14 heavy (non-hydrogen) atoms. The van der Waals surface area contributed by atoms with E-state index in [4.69, 9.17) is 4.84 Å². The molecule has 0 aromatic rings. The molecule has 2 saturated carbocycles. The van der Waals surface area contributed by atoms with E-state index in [-0.39, 0.29) is 18.4 Å². The van der Waals surface area contributed by atoms with Crippen molar-refractivity contribution in [3.63, 3.8) is 0 Å². The Morgan fingerprint density at radius 2 is 2.07 bits per heavy atom. The minimum atomic E-state index is -0.488. The number of hydroxylamine groups is 2. The van der Waals surface area contributed by atoms with E-state index < -0.39 is 6.10 Å². The zero-order chi connectivity index (χ0) is 9.71. The average molecular weight is 197 g/mol. The third-order valence-electron chi connectivity index (χ3n) is 3.74.